The fourth-order valence-electron chi connectivity index (χ4n) is 0.664. The molecule has 0 aromatic carbocycles. The zero-order chi connectivity index (χ0) is 9.14. The summed E-state index contributed by atoms with van der Waals surface area (Å²) >= 11 is 0. The molecule has 64 valence electrons. The minimum atomic E-state index is -1.83. The van der Waals surface area contributed by atoms with Gasteiger partial charge in [0.15, 0.2) is 6.80 Å². The van der Waals surface area contributed by atoms with Crippen molar-refractivity contribution in [3.63, 3.8) is 0 Å². The number of carboxylic acids is 1. The number of nitrogens with zero attached hydrogens (tertiary/aromatic N) is 2. The molecule has 0 fully saturated rings. The number of hydrogen-bond acceptors (Lipinski definition) is 4. The summed E-state index contributed by atoms with van der Waals surface area (Å²) in [5.41, 5.74) is -0.187. The van der Waals surface area contributed by atoms with Crippen LogP contribution in [0.5, 0.6) is 0 Å². The summed E-state index contributed by atoms with van der Waals surface area (Å²) in [6.07, 6.45) is 1.97. The summed E-state index contributed by atoms with van der Waals surface area (Å²) in [6, 6.07) is 0. The average Bonchev–Trinajstić information content (AvgIpc) is 2.50. The van der Waals surface area contributed by atoms with Crippen LogP contribution in [0.25, 0.3) is 0 Å². The van der Waals surface area contributed by atoms with Gasteiger partial charge in [0.2, 0.25) is 5.78 Å². The Morgan fingerprint density at radius 1 is 1.62 bits per heavy atom. The van der Waals surface area contributed by atoms with Crippen LogP contribution in [0.15, 0.2) is 12.4 Å². The Balaban J connectivity index is 0.00000144. The van der Waals surface area contributed by atoms with Crippen LogP contribution in [-0.4, -0.2) is 21.5 Å². The molecule has 0 unspecified atom stereocenters. The first-order chi connectivity index (χ1) is 5.65. The zero-order valence-corrected chi connectivity index (χ0v) is 9.98. The molecule has 1 rings (SSSR count). The van der Waals surface area contributed by atoms with Crippen molar-refractivity contribution < 1.29 is 70.5 Å². The Labute approximate surface area is 115 Å². The first-order valence-corrected chi connectivity index (χ1v) is 2.99. The van der Waals surface area contributed by atoms with Crippen molar-refractivity contribution in [3.8, 4) is 0 Å². The molecule has 0 aliphatic carbocycles. The van der Waals surface area contributed by atoms with E-state index in [0.717, 1.165) is 17.1 Å². The molecule has 5 nitrogen and oxygen atoms in total. The summed E-state index contributed by atoms with van der Waals surface area (Å²) in [5, 5.41) is 13.4. The predicted molar refractivity (Wildman–Crippen MR) is 32.7 cm³/mol. The molecular formula is C6H4FKN2O3. The fraction of sp³-hybridized carbons (Fsp3) is 0.167. The third-order valence-corrected chi connectivity index (χ3v) is 1.20. The van der Waals surface area contributed by atoms with Crippen LogP contribution in [0, 0.1) is 0 Å². The third kappa shape index (κ3) is 3.27. The number of rotatable bonds is 3. The molecule has 7 heteroatoms. The second kappa shape index (κ2) is 5.61. The van der Waals surface area contributed by atoms with Crippen LogP contribution in [0.3, 0.4) is 0 Å². The van der Waals surface area contributed by atoms with Crippen molar-refractivity contribution in [1.82, 2.24) is 9.78 Å². The van der Waals surface area contributed by atoms with Gasteiger partial charge in [-0.05, 0) is 0 Å². The van der Waals surface area contributed by atoms with Crippen LogP contribution >= 0.6 is 0 Å². The van der Waals surface area contributed by atoms with E-state index >= 15 is 0 Å². The number of hydrogen-bond donors (Lipinski definition) is 0. The van der Waals surface area contributed by atoms with E-state index in [-0.39, 0.29) is 56.9 Å². The number of aromatic nitrogens is 2. The first-order valence-electron chi connectivity index (χ1n) is 2.99. The quantitative estimate of drug-likeness (QED) is 0.288. The molecule has 0 amide bonds. The van der Waals surface area contributed by atoms with Crippen molar-refractivity contribution in [2.45, 2.75) is 6.80 Å². The van der Waals surface area contributed by atoms with Crippen LogP contribution in [-0.2, 0) is 11.6 Å². The van der Waals surface area contributed by atoms with E-state index in [1.165, 1.54) is 0 Å². The Morgan fingerprint density at radius 2 is 2.23 bits per heavy atom. The Bertz CT molecular complexity index is 325. The van der Waals surface area contributed by atoms with Gasteiger partial charge in [0.05, 0.1) is 11.8 Å². The normalized spacial score (nSPS) is 9.00. The van der Waals surface area contributed by atoms with E-state index in [0.29, 0.717) is 0 Å². The third-order valence-electron chi connectivity index (χ3n) is 1.20. The molecule has 0 saturated carbocycles. The van der Waals surface area contributed by atoms with Gasteiger partial charge < -0.3 is 9.90 Å². The van der Waals surface area contributed by atoms with Gasteiger partial charge >= 0.3 is 51.4 Å². The maximum atomic E-state index is 11.8. The minimum Gasteiger partial charge on any atom is -0.541 e. The molecule has 1 aromatic heterocycles. The number of ketones is 1. The van der Waals surface area contributed by atoms with E-state index in [9.17, 15) is 19.1 Å². The van der Waals surface area contributed by atoms with E-state index in [1.54, 1.807) is 0 Å². The molecule has 0 radical (unpaired) electrons. The van der Waals surface area contributed by atoms with Crippen molar-refractivity contribution >= 4 is 11.8 Å². The number of halogens is 1. The standard InChI is InChI=1S/C6H5FN2O3.K/c7-3-9-2-4(1-8-9)5(10)6(11)12;/h1-2H,3H2,(H,11,12);/q;+1/p-1. The second-order valence-electron chi connectivity index (χ2n) is 2.00. The molecule has 0 N–H and O–H groups in total. The molecule has 0 bridgehead atoms. The van der Waals surface area contributed by atoms with Crippen LogP contribution in [0.4, 0.5) is 4.39 Å². The number of carbonyl (C=O) groups is 2. The van der Waals surface area contributed by atoms with Crippen molar-refractivity contribution in [2.24, 2.45) is 0 Å². The zero-order valence-electron chi connectivity index (χ0n) is 6.86. The maximum Gasteiger partial charge on any atom is 1.00 e. The number of carboxylic acid groups (broad SMARTS) is 1. The second-order valence-corrected chi connectivity index (χ2v) is 2.00. The van der Waals surface area contributed by atoms with Crippen LogP contribution in [0.1, 0.15) is 10.4 Å². The van der Waals surface area contributed by atoms with Gasteiger partial charge in [-0.2, -0.15) is 5.10 Å². The SMILES string of the molecule is O=C([O-])C(=O)c1cnn(CF)c1.[K+]. The summed E-state index contributed by atoms with van der Waals surface area (Å²) in [5.74, 6) is -3.02. The number of aliphatic carboxylic acids is 1. The molecule has 13 heavy (non-hydrogen) atoms. The number of Topliss-reactive ketones (excluding diaryl/α,β-unsaturated/α-hetero) is 1. The molecule has 0 spiro atoms. The van der Waals surface area contributed by atoms with E-state index in [1.807, 2.05) is 0 Å². The number of carbonyl (C=O) groups excluding carboxylic acids is 2. The van der Waals surface area contributed by atoms with Gasteiger partial charge in [0, 0.05) is 6.20 Å². The van der Waals surface area contributed by atoms with E-state index in [4.69, 9.17) is 0 Å². The molecule has 0 atom stereocenters. The van der Waals surface area contributed by atoms with E-state index in [2.05, 4.69) is 5.10 Å². The monoisotopic (exact) mass is 210 g/mol. The van der Waals surface area contributed by atoms with Crippen molar-refractivity contribution in [2.75, 3.05) is 0 Å². The summed E-state index contributed by atoms with van der Waals surface area (Å²) in [6.45, 7) is -0.902. The average molecular weight is 210 g/mol. The summed E-state index contributed by atoms with van der Waals surface area (Å²) in [7, 11) is 0. The smallest absolute Gasteiger partial charge is 0.541 e. The molecule has 1 aromatic rings. The molecule has 1 heterocycles. The molecular weight excluding hydrogens is 206 g/mol. The van der Waals surface area contributed by atoms with Gasteiger partial charge in [-0.3, -0.25) is 4.79 Å². The van der Waals surface area contributed by atoms with Crippen LogP contribution in [0.2, 0.25) is 0 Å². The predicted octanol–water partition coefficient (Wildman–Crippen LogP) is -4.25. The topological polar surface area (TPSA) is 75.0 Å². The minimum absolute atomic E-state index is 0. The summed E-state index contributed by atoms with van der Waals surface area (Å²) < 4.78 is 12.6. The van der Waals surface area contributed by atoms with E-state index < -0.39 is 18.6 Å². The van der Waals surface area contributed by atoms with Gasteiger partial charge in [-0.1, -0.05) is 0 Å². The Hall–Kier alpha value is -0.0836. The molecule has 0 aliphatic rings. The number of alkyl halides is 1. The fourth-order valence-corrected chi connectivity index (χ4v) is 0.664. The summed E-state index contributed by atoms with van der Waals surface area (Å²) in [4.78, 5) is 20.6. The van der Waals surface area contributed by atoms with Crippen LogP contribution < -0.4 is 56.5 Å². The molecule has 0 saturated heterocycles. The van der Waals surface area contributed by atoms with Gasteiger partial charge in [-0.15, -0.1) is 0 Å². The Kier molecular flexibility index (Phi) is 5.57. The van der Waals surface area contributed by atoms with Crippen molar-refractivity contribution in [3.05, 3.63) is 18.0 Å². The first kappa shape index (κ1) is 12.9. The Morgan fingerprint density at radius 3 is 2.62 bits per heavy atom. The largest absolute Gasteiger partial charge is 1.00 e. The van der Waals surface area contributed by atoms with Gasteiger partial charge in [0.25, 0.3) is 0 Å². The maximum absolute atomic E-state index is 11.8. The molecule has 0 aliphatic heterocycles. The van der Waals surface area contributed by atoms with Gasteiger partial charge in [0.1, 0.15) is 5.97 Å². The van der Waals surface area contributed by atoms with Gasteiger partial charge in [-0.25, -0.2) is 9.07 Å². The van der Waals surface area contributed by atoms with Crippen molar-refractivity contribution in [1.29, 1.82) is 0 Å².